The molecule has 3 rings (SSSR count). The average molecular weight is 468 g/mol. The van der Waals surface area contributed by atoms with Crippen molar-refractivity contribution in [2.24, 2.45) is 0 Å². The van der Waals surface area contributed by atoms with Crippen LogP contribution in [0.1, 0.15) is 29.7 Å². The van der Waals surface area contributed by atoms with Gasteiger partial charge in [-0.15, -0.1) is 0 Å². The van der Waals surface area contributed by atoms with Crippen LogP contribution in [0.3, 0.4) is 0 Å². The average Bonchev–Trinajstić information content (AvgIpc) is 2.78. The molecule has 3 aromatic carbocycles. The van der Waals surface area contributed by atoms with Crippen molar-refractivity contribution in [2.45, 2.75) is 31.7 Å². The second-order valence-electron chi connectivity index (χ2n) is 7.75. The van der Waals surface area contributed by atoms with Crippen molar-refractivity contribution in [3.05, 3.63) is 99.6 Å². The second kappa shape index (κ2) is 9.83. The molecule has 0 heterocycles. The lowest BCUT2D eigenvalue weighted by molar-refractivity contribution is -0.384. The molecular weight excluding hydrogens is 442 g/mol. The fourth-order valence-electron chi connectivity index (χ4n) is 3.60. The zero-order valence-corrected chi connectivity index (χ0v) is 19.4. The van der Waals surface area contributed by atoms with Crippen molar-refractivity contribution in [3.63, 3.8) is 0 Å². The molecule has 172 valence electrons. The molecule has 1 atom stereocenters. The number of carbonyl (C=O) groups is 1. The van der Waals surface area contributed by atoms with Crippen molar-refractivity contribution in [2.75, 3.05) is 10.8 Å². The Balaban J connectivity index is 1.93. The maximum atomic E-state index is 13.4. The van der Waals surface area contributed by atoms with Gasteiger partial charge in [-0.3, -0.25) is 19.2 Å². The Labute approximate surface area is 193 Å². The summed E-state index contributed by atoms with van der Waals surface area (Å²) in [5, 5.41) is 14.1. The number of nitrogens with zero attached hydrogens (tertiary/aromatic N) is 2. The van der Waals surface area contributed by atoms with Crippen LogP contribution in [0, 0.1) is 24.0 Å². The summed E-state index contributed by atoms with van der Waals surface area (Å²) in [7, 11) is -4.16. The van der Waals surface area contributed by atoms with Crippen LogP contribution in [0.25, 0.3) is 0 Å². The Kier molecular flexibility index (Phi) is 7.13. The van der Waals surface area contributed by atoms with Crippen molar-refractivity contribution >= 4 is 27.3 Å². The first-order valence-electron chi connectivity index (χ1n) is 10.3. The van der Waals surface area contributed by atoms with Crippen LogP contribution < -0.4 is 9.62 Å². The molecule has 0 radical (unpaired) electrons. The number of non-ortho nitro benzene ring substituents is 1. The van der Waals surface area contributed by atoms with E-state index in [0.29, 0.717) is 0 Å². The number of hydrogen-bond acceptors (Lipinski definition) is 5. The van der Waals surface area contributed by atoms with Gasteiger partial charge in [0.1, 0.15) is 6.54 Å². The van der Waals surface area contributed by atoms with Crippen LogP contribution in [-0.2, 0) is 14.8 Å². The molecule has 0 bridgehead atoms. The highest BCUT2D eigenvalue weighted by atomic mass is 32.2. The number of amides is 1. The Hall–Kier alpha value is -3.72. The predicted octanol–water partition coefficient (Wildman–Crippen LogP) is 4.28. The second-order valence-corrected chi connectivity index (χ2v) is 9.61. The smallest absolute Gasteiger partial charge is 0.271 e. The van der Waals surface area contributed by atoms with E-state index in [0.717, 1.165) is 27.1 Å². The first-order valence-corrected chi connectivity index (χ1v) is 11.7. The third-order valence-corrected chi connectivity index (χ3v) is 7.00. The number of nitro groups is 1. The summed E-state index contributed by atoms with van der Waals surface area (Å²) in [5.74, 6) is -0.534. The Morgan fingerprint density at radius 2 is 1.73 bits per heavy atom. The molecule has 0 saturated carbocycles. The number of sulfonamides is 1. The van der Waals surface area contributed by atoms with Crippen LogP contribution in [0.4, 0.5) is 11.4 Å². The van der Waals surface area contributed by atoms with Crippen molar-refractivity contribution in [1.29, 1.82) is 0 Å². The third-order valence-electron chi connectivity index (χ3n) is 5.22. The molecule has 0 aliphatic heterocycles. The van der Waals surface area contributed by atoms with E-state index < -0.39 is 27.4 Å². The van der Waals surface area contributed by atoms with E-state index >= 15 is 0 Å². The maximum Gasteiger partial charge on any atom is 0.271 e. The topological polar surface area (TPSA) is 110 Å². The molecule has 0 fully saturated rings. The standard InChI is InChI=1S/C24H25N3O5S/c1-17-12-13-23(18(2)14-17)19(3)25-24(28)16-26(20-8-7-9-21(15-20)27(29)30)33(31,32)22-10-5-4-6-11-22/h4-15,19H,16H2,1-3H3,(H,25,28). The molecule has 3 aromatic rings. The van der Waals surface area contributed by atoms with Gasteiger partial charge in [0.2, 0.25) is 5.91 Å². The first-order chi connectivity index (χ1) is 15.6. The van der Waals surface area contributed by atoms with Crippen LogP contribution in [-0.4, -0.2) is 25.8 Å². The van der Waals surface area contributed by atoms with Crippen LogP contribution in [0.5, 0.6) is 0 Å². The van der Waals surface area contributed by atoms with Crippen molar-refractivity contribution in [3.8, 4) is 0 Å². The Morgan fingerprint density at radius 1 is 1.03 bits per heavy atom. The van der Waals surface area contributed by atoms with E-state index in [1.807, 2.05) is 39.0 Å². The molecule has 0 saturated heterocycles. The lowest BCUT2D eigenvalue weighted by Crippen LogP contribution is -2.41. The highest BCUT2D eigenvalue weighted by molar-refractivity contribution is 7.92. The van der Waals surface area contributed by atoms with Gasteiger partial charge in [-0.1, -0.05) is 48.0 Å². The van der Waals surface area contributed by atoms with Crippen molar-refractivity contribution in [1.82, 2.24) is 5.32 Å². The predicted molar refractivity (Wildman–Crippen MR) is 127 cm³/mol. The number of rotatable bonds is 8. The van der Waals surface area contributed by atoms with Crippen molar-refractivity contribution < 1.29 is 18.1 Å². The van der Waals surface area contributed by atoms with Gasteiger partial charge in [0, 0.05) is 12.1 Å². The monoisotopic (exact) mass is 467 g/mol. The summed E-state index contributed by atoms with van der Waals surface area (Å²) in [6, 6.07) is 18.4. The molecule has 1 amide bonds. The number of carbonyl (C=O) groups excluding carboxylic acids is 1. The number of benzene rings is 3. The van der Waals surface area contributed by atoms with E-state index in [4.69, 9.17) is 0 Å². The van der Waals surface area contributed by atoms with E-state index in [-0.39, 0.29) is 22.3 Å². The minimum atomic E-state index is -4.16. The van der Waals surface area contributed by atoms with Gasteiger partial charge in [-0.05, 0) is 50.1 Å². The minimum absolute atomic E-state index is 0.0215. The SMILES string of the molecule is Cc1ccc(C(C)NC(=O)CN(c2cccc([N+](=O)[O-])c2)S(=O)(=O)c2ccccc2)c(C)c1. The molecule has 1 unspecified atom stereocenters. The zero-order valence-electron chi connectivity index (χ0n) is 18.6. The van der Waals surface area contributed by atoms with Gasteiger partial charge in [-0.2, -0.15) is 0 Å². The molecule has 0 spiro atoms. The van der Waals surface area contributed by atoms with E-state index in [1.54, 1.807) is 18.2 Å². The molecule has 0 aliphatic carbocycles. The summed E-state index contributed by atoms with van der Waals surface area (Å²) in [4.78, 5) is 23.5. The number of hydrogen-bond donors (Lipinski definition) is 1. The maximum absolute atomic E-state index is 13.4. The van der Waals surface area contributed by atoms with Gasteiger partial charge in [0.15, 0.2) is 0 Å². The number of nitrogens with one attached hydrogen (secondary N) is 1. The molecule has 0 aliphatic rings. The van der Waals surface area contributed by atoms with E-state index in [2.05, 4.69) is 5.32 Å². The van der Waals surface area contributed by atoms with Gasteiger partial charge in [0.25, 0.3) is 15.7 Å². The number of anilines is 1. The Morgan fingerprint density at radius 3 is 2.36 bits per heavy atom. The largest absolute Gasteiger partial charge is 0.348 e. The summed E-state index contributed by atoms with van der Waals surface area (Å²) in [6.07, 6.45) is 0. The van der Waals surface area contributed by atoms with Crippen LogP contribution >= 0.6 is 0 Å². The normalized spacial score (nSPS) is 12.1. The fraction of sp³-hybridized carbons (Fsp3) is 0.208. The van der Waals surface area contributed by atoms with Crippen LogP contribution in [0.2, 0.25) is 0 Å². The van der Waals surface area contributed by atoms with Gasteiger partial charge >= 0.3 is 0 Å². The minimum Gasteiger partial charge on any atom is -0.348 e. The third kappa shape index (κ3) is 5.56. The Bertz CT molecular complexity index is 1280. The number of aryl methyl sites for hydroxylation is 2. The fourth-order valence-corrected chi connectivity index (χ4v) is 5.04. The van der Waals surface area contributed by atoms with Gasteiger partial charge in [-0.25, -0.2) is 8.42 Å². The molecular formula is C24H25N3O5S. The lowest BCUT2D eigenvalue weighted by atomic mass is 10.0. The number of nitro benzene ring substituents is 1. The van der Waals surface area contributed by atoms with Gasteiger partial charge in [0.05, 0.1) is 21.5 Å². The zero-order chi connectivity index (χ0) is 24.2. The lowest BCUT2D eigenvalue weighted by Gasteiger charge is -2.25. The van der Waals surface area contributed by atoms with Crippen LogP contribution in [0.15, 0.2) is 77.7 Å². The van der Waals surface area contributed by atoms with Gasteiger partial charge < -0.3 is 5.32 Å². The summed E-state index contributed by atoms with van der Waals surface area (Å²) in [6.45, 7) is 5.21. The summed E-state index contributed by atoms with van der Waals surface area (Å²) < 4.78 is 27.6. The molecule has 0 aromatic heterocycles. The quantitative estimate of drug-likeness (QED) is 0.393. The summed E-state index contributed by atoms with van der Waals surface area (Å²) >= 11 is 0. The molecule has 33 heavy (non-hydrogen) atoms. The first kappa shape index (κ1) is 23.9. The van der Waals surface area contributed by atoms with E-state index in [9.17, 15) is 23.3 Å². The highest BCUT2D eigenvalue weighted by Gasteiger charge is 2.28. The van der Waals surface area contributed by atoms with E-state index in [1.165, 1.54) is 30.3 Å². The highest BCUT2D eigenvalue weighted by Crippen LogP contribution is 2.27. The molecule has 8 nitrogen and oxygen atoms in total. The summed E-state index contributed by atoms with van der Waals surface area (Å²) in [5.41, 5.74) is 2.78. The molecule has 1 N–H and O–H groups in total. The molecule has 9 heteroatoms.